The minimum atomic E-state index is -0.301. The van der Waals surface area contributed by atoms with Crippen LogP contribution in [0.25, 0.3) is 0 Å². The van der Waals surface area contributed by atoms with Crippen LogP contribution in [0.1, 0.15) is 31.9 Å². The van der Waals surface area contributed by atoms with Gasteiger partial charge in [0.25, 0.3) is 0 Å². The number of nitrogens with one attached hydrogen (secondary N) is 1. The highest BCUT2D eigenvalue weighted by Gasteiger charge is 2.50. The smallest absolute Gasteiger partial charge is 0.228 e. The normalized spacial score (nSPS) is 20.3. The first-order valence-corrected chi connectivity index (χ1v) is 8.61. The standard InChI is InChI=1S/C21H26N2O/c1-16(19-21(2,3)20(24)22-19)23(14-17-10-6-4-7-11-17)15-18-12-8-5-9-13-18/h4-13,16,19H,14-15H2,1-3H3,(H,22,24). The monoisotopic (exact) mass is 322 g/mol. The van der Waals surface area contributed by atoms with Crippen molar-refractivity contribution in [2.45, 2.75) is 45.9 Å². The molecule has 2 aromatic carbocycles. The Hall–Kier alpha value is -2.13. The minimum absolute atomic E-state index is 0.152. The summed E-state index contributed by atoms with van der Waals surface area (Å²) >= 11 is 0. The number of hydrogen-bond acceptors (Lipinski definition) is 2. The molecular weight excluding hydrogens is 296 g/mol. The molecular formula is C21H26N2O. The summed E-state index contributed by atoms with van der Waals surface area (Å²) in [6, 6.07) is 21.5. The van der Waals surface area contributed by atoms with Crippen molar-refractivity contribution in [1.29, 1.82) is 0 Å². The number of rotatable bonds is 6. The van der Waals surface area contributed by atoms with E-state index in [0.29, 0.717) is 0 Å². The quantitative estimate of drug-likeness (QED) is 0.824. The summed E-state index contributed by atoms with van der Waals surface area (Å²) in [6.07, 6.45) is 0. The van der Waals surface area contributed by atoms with Crippen LogP contribution in [0.4, 0.5) is 0 Å². The number of benzene rings is 2. The van der Waals surface area contributed by atoms with Crippen LogP contribution in [0.3, 0.4) is 0 Å². The molecule has 0 saturated carbocycles. The zero-order valence-corrected chi connectivity index (χ0v) is 14.7. The summed E-state index contributed by atoms with van der Waals surface area (Å²) in [5.74, 6) is 0.152. The van der Waals surface area contributed by atoms with Crippen LogP contribution in [-0.4, -0.2) is 22.9 Å². The minimum Gasteiger partial charge on any atom is -0.350 e. The van der Waals surface area contributed by atoms with Crippen molar-refractivity contribution < 1.29 is 4.79 Å². The predicted molar refractivity (Wildman–Crippen MR) is 97.3 cm³/mol. The van der Waals surface area contributed by atoms with E-state index >= 15 is 0 Å². The molecule has 3 heteroatoms. The molecule has 24 heavy (non-hydrogen) atoms. The summed E-state index contributed by atoms with van der Waals surface area (Å²) in [4.78, 5) is 14.3. The molecule has 1 aliphatic heterocycles. The first-order chi connectivity index (χ1) is 11.5. The zero-order chi connectivity index (χ0) is 17.2. The van der Waals surface area contributed by atoms with Crippen LogP contribution in [0, 0.1) is 5.41 Å². The number of amides is 1. The van der Waals surface area contributed by atoms with Gasteiger partial charge in [0.2, 0.25) is 5.91 Å². The van der Waals surface area contributed by atoms with E-state index in [1.54, 1.807) is 0 Å². The lowest BCUT2D eigenvalue weighted by Gasteiger charge is -2.50. The largest absolute Gasteiger partial charge is 0.350 e. The van der Waals surface area contributed by atoms with E-state index in [2.05, 4.69) is 65.7 Å². The molecule has 0 radical (unpaired) electrons. The topological polar surface area (TPSA) is 32.3 Å². The number of hydrogen-bond donors (Lipinski definition) is 1. The maximum absolute atomic E-state index is 11.9. The second kappa shape index (κ2) is 6.78. The number of nitrogens with zero attached hydrogens (tertiary/aromatic N) is 1. The van der Waals surface area contributed by atoms with E-state index < -0.39 is 0 Å². The molecule has 0 spiro atoms. The second-order valence-corrected chi connectivity index (χ2v) is 7.29. The van der Waals surface area contributed by atoms with Crippen molar-refractivity contribution in [3.8, 4) is 0 Å². The predicted octanol–water partition coefficient (Wildman–Crippen LogP) is 3.60. The Morgan fingerprint density at radius 3 is 1.79 bits per heavy atom. The molecule has 1 aliphatic rings. The fraction of sp³-hybridized carbons (Fsp3) is 0.381. The molecule has 1 saturated heterocycles. The van der Waals surface area contributed by atoms with Crippen LogP contribution in [0.5, 0.6) is 0 Å². The first-order valence-electron chi connectivity index (χ1n) is 8.61. The summed E-state index contributed by atoms with van der Waals surface area (Å²) in [6.45, 7) is 8.04. The summed E-state index contributed by atoms with van der Waals surface area (Å²) in [7, 11) is 0. The van der Waals surface area contributed by atoms with Crippen molar-refractivity contribution in [2.75, 3.05) is 0 Å². The molecule has 1 N–H and O–H groups in total. The van der Waals surface area contributed by atoms with Gasteiger partial charge in [-0.05, 0) is 31.9 Å². The lowest BCUT2D eigenvalue weighted by atomic mass is 9.72. The SMILES string of the molecule is CC(C1NC(=O)C1(C)C)N(Cc1ccccc1)Cc1ccccc1. The lowest BCUT2D eigenvalue weighted by Crippen LogP contribution is -2.70. The average Bonchev–Trinajstić information content (AvgIpc) is 2.60. The fourth-order valence-corrected chi connectivity index (χ4v) is 3.49. The van der Waals surface area contributed by atoms with Gasteiger partial charge in [-0.2, -0.15) is 0 Å². The maximum atomic E-state index is 11.9. The van der Waals surface area contributed by atoms with Gasteiger partial charge in [-0.15, -0.1) is 0 Å². The summed E-state index contributed by atoms with van der Waals surface area (Å²) < 4.78 is 0. The molecule has 0 aliphatic carbocycles. The Bertz CT molecular complexity index is 640. The molecule has 1 heterocycles. The van der Waals surface area contributed by atoms with E-state index in [9.17, 15) is 4.79 Å². The highest BCUT2D eigenvalue weighted by Crippen LogP contribution is 2.34. The highest BCUT2D eigenvalue weighted by molar-refractivity contribution is 5.89. The van der Waals surface area contributed by atoms with Gasteiger partial charge in [0.15, 0.2) is 0 Å². The van der Waals surface area contributed by atoms with E-state index in [4.69, 9.17) is 0 Å². The first kappa shape index (κ1) is 16.7. The lowest BCUT2D eigenvalue weighted by molar-refractivity contribution is -0.146. The van der Waals surface area contributed by atoms with Crippen LogP contribution in [0.2, 0.25) is 0 Å². The molecule has 2 atom stereocenters. The molecule has 0 aromatic heterocycles. The molecule has 2 aromatic rings. The molecule has 1 amide bonds. The zero-order valence-electron chi connectivity index (χ0n) is 14.7. The van der Waals surface area contributed by atoms with Crippen LogP contribution in [-0.2, 0) is 17.9 Å². The van der Waals surface area contributed by atoms with E-state index in [0.717, 1.165) is 13.1 Å². The average molecular weight is 322 g/mol. The van der Waals surface area contributed by atoms with Gasteiger partial charge in [0, 0.05) is 19.1 Å². The molecule has 126 valence electrons. The third kappa shape index (κ3) is 3.36. The molecule has 0 bridgehead atoms. The Kier molecular flexibility index (Phi) is 4.72. The maximum Gasteiger partial charge on any atom is 0.228 e. The van der Waals surface area contributed by atoms with Gasteiger partial charge in [-0.1, -0.05) is 60.7 Å². The van der Waals surface area contributed by atoms with Crippen molar-refractivity contribution in [3.63, 3.8) is 0 Å². The Morgan fingerprint density at radius 2 is 1.42 bits per heavy atom. The summed E-state index contributed by atoms with van der Waals surface area (Å²) in [5.41, 5.74) is 2.29. The van der Waals surface area contributed by atoms with Crippen LogP contribution >= 0.6 is 0 Å². The van der Waals surface area contributed by atoms with Crippen molar-refractivity contribution in [3.05, 3.63) is 71.8 Å². The van der Waals surface area contributed by atoms with E-state index in [1.165, 1.54) is 11.1 Å². The second-order valence-electron chi connectivity index (χ2n) is 7.29. The van der Waals surface area contributed by atoms with Gasteiger partial charge in [-0.3, -0.25) is 9.69 Å². The molecule has 3 rings (SSSR count). The number of β-lactam (4-membered cyclic amide) rings is 1. The Balaban J connectivity index is 1.80. The number of carbonyl (C=O) groups is 1. The van der Waals surface area contributed by atoms with Crippen LogP contribution in [0.15, 0.2) is 60.7 Å². The van der Waals surface area contributed by atoms with Gasteiger partial charge in [0.1, 0.15) is 0 Å². The van der Waals surface area contributed by atoms with Crippen molar-refractivity contribution in [1.82, 2.24) is 10.2 Å². The van der Waals surface area contributed by atoms with Crippen LogP contribution < -0.4 is 5.32 Å². The highest BCUT2D eigenvalue weighted by atomic mass is 16.2. The van der Waals surface area contributed by atoms with Gasteiger partial charge < -0.3 is 5.32 Å². The Morgan fingerprint density at radius 1 is 0.958 bits per heavy atom. The van der Waals surface area contributed by atoms with Gasteiger partial charge >= 0.3 is 0 Å². The molecule has 2 unspecified atom stereocenters. The fourth-order valence-electron chi connectivity index (χ4n) is 3.49. The van der Waals surface area contributed by atoms with Crippen molar-refractivity contribution in [2.24, 2.45) is 5.41 Å². The van der Waals surface area contributed by atoms with Crippen molar-refractivity contribution >= 4 is 5.91 Å². The number of carbonyl (C=O) groups excluding carboxylic acids is 1. The van der Waals surface area contributed by atoms with E-state index in [1.807, 2.05) is 26.0 Å². The summed E-state index contributed by atoms with van der Waals surface area (Å²) in [5, 5.41) is 3.10. The molecule has 1 fully saturated rings. The third-order valence-corrected chi connectivity index (χ3v) is 5.16. The van der Waals surface area contributed by atoms with Gasteiger partial charge in [-0.25, -0.2) is 0 Å². The van der Waals surface area contributed by atoms with E-state index in [-0.39, 0.29) is 23.4 Å². The Labute approximate surface area is 144 Å². The van der Waals surface area contributed by atoms with Gasteiger partial charge in [0.05, 0.1) is 11.5 Å². The molecule has 3 nitrogen and oxygen atoms in total. The third-order valence-electron chi connectivity index (χ3n) is 5.16.